The van der Waals surface area contributed by atoms with Gasteiger partial charge in [0.05, 0.1) is 17.9 Å². The highest BCUT2D eigenvalue weighted by molar-refractivity contribution is 6.29. The van der Waals surface area contributed by atoms with Gasteiger partial charge in [-0.1, -0.05) is 11.6 Å². The SMILES string of the molecule is CC1(C)COC(c2cnc(Cl)cn2)=N1. The summed E-state index contributed by atoms with van der Waals surface area (Å²) in [5.74, 6) is 0.541. The molecule has 0 aromatic carbocycles. The molecular weight excluding hydrogens is 202 g/mol. The Labute approximate surface area is 87.0 Å². The molecule has 1 aromatic rings. The van der Waals surface area contributed by atoms with E-state index in [0.717, 1.165) is 0 Å². The van der Waals surface area contributed by atoms with Crippen LogP contribution in [0, 0.1) is 0 Å². The lowest BCUT2D eigenvalue weighted by Gasteiger charge is -2.07. The molecular formula is C9H10ClN3O. The van der Waals surface area contributed by atoms with Crippen LogP contribution in [0.3, 0.4) is 0 Å². The Kier molecular flexibility index (Phi) is 2.15. The van der Waals surface area contributed by atoms with Crippen LogP contribution >= 0.6 is 11.6 Å². The number of hydrogen-bond acceptors (Lipinski definition) is 4. The van der Waals surface area contributed by atoms with Crippen molar-refractivity contribution in [3.05, 3.63) is 23.2 Å². The van der Waals surface area contributed by atoms with Crippen LogP contribution in [0.15, 0.2) is 17.4 Å². The molecule has 5 heteroatoms. The largest absolute Gasteiger partial charge is 0.474 e. The van der Waals surface area contributed by atoms with Crippen LogP contribution in [0.1, 0.15) is 19.5 Å². The summed E-state index contributed by atoms with van der Waals surface area (Å²) in [6.07, 6.45) is 3.04. The summed E-state index contributed by atoms with van der Waals surface area (Å²) in [7, 11) is 0. The fourth-order valence-corrected chi connectivity index (χ4v) is 1.24. The molecule has 0 spiro atoms. The second-order valence-electron chi connectivity index (χ2n) is 3.74. The molecule has 0 radical (unpaired) electrons. The summed E-state index contributed by atoms with van der Waals surface area (Å²) in [5.41, 5.74) is 0.455. The van der Waals surface area contributed by atoms with Gasteiger partial charge in [-0.2, -0.15) is 0 Å². The van der Waals surface area contributed by atoms with Gasteiger partial charge < -0.3 is 4.74 Å². The summed E-state index contributed by atoms with van der Waals surface area (Å²) in [6.45, 7) is 4.58. The maximum atomic E-state index is 5.62. The van der Waals surface area contributed by atoms with Crippen molar-refractivity contribution in [3.63, 3.8) is 0 Å². The summed E-state index contributed by atoms with van der Waals surface area (Å²) in [4.78, 5) is 12.4. The van der Waals surface area contributed by atoms with Crippen LogP contribution in [0.25, 0.3) is 0 Å². The highest BCUT2D eigenvalue weighted by Crippen LogP contribution is 2.19. The van der Waals surface area contributed by atoms with Gasteiger partial charge in [-0.3, -0.25) is 0 Å². The number of aliphatic imine (C=N–C) groups is 1. The molecule has 0 amide bonds. The minimum absolute atomic E-state index is 0.170. The Balaban J connectivity index is 2.29. The molecule has 1 aromatic heterocycles. The molecule has 0 bridgehead atoms. The van der Waals surface area contributed by atoms with Crippen molar-refractivity contribution in [1.82, 2.24) is 9.97 Å². The minimum Gasteiger partial charge on any atom is -0.474 e. The third-order valence-electron chi connectivity index (χ3n) is 1.81. The molecule has 2 rings (SSSR count). The van der Waals surface area contributed by atoms with Crippen molar-refractivity contribution in [3.8, 4) is 0 Å². The maximum absolute atomic E-state index is 5.62. The standard InChI is InChI=1S/C9H10ClN3O/c1-9(2)5-14-8(13-9)6-3-12-7(10)4-11-6/h3-4H,5H2,1-2H3. The molecule has 2 heterocycles. The van der Waals surface area contributed by atoms with Crippen molar-refractivity contribution >= 4 is 17.5 Å². The molecule has 0 N–H and O–H groups in total. The molecule has 74 valence electrons. The Bertz CT molecular complexity index is 372. The normalized spacial score (nSPS) is 18.9. The number of aromatic nitrogens is 2. The monoisotopic (exact) mass is 211 g/mol. The molecule has 1 aliphatic heterocycles. The summed E-state index contributed by atoms with van der Waals surface area (Å²) < 4.78 is 5.40. The van der Waals surface area contributed by atoms with Gasteiger partial charge in [0.2, 0.25) is 5.90 Å². The van der Waals surface area contributed by atoms with Gasteiger partial charge in [0, 0.05) is 0 Å². The molecule has 0 atom stereocenters. The third kappa shape index (κ3) is 1.85. The summed E-state index contributed by atoms with van der Waals surface area (Å²) in [6, 6.07) is 0. The molecule has 1 aliphatic rings. The number of rotatable bonds is 1. The lowest BCUT2D eigenvalue weighted by molar-refractivity contribution is 0.279. The average Bonchev–Trinajstić information content (AvgIpc) is 2.47. The van der Waals surface area contributed by atoms with Gasteiger partial charge in [-0.15, -0.1) is 0 Å². The van der Waals surface area contributed by atoms with E-state index in [4.69, 9.17) is 16.3 Å². The lowest BCUT2D eigenvalue weighted by Crippen LogP contribution is -2.17. The number of nitrogens with zero attached hydrogens (tertiary/aromatic N) is 3. The first-order chi connectivity index (χ1) is 6.57. The topological polar surface area (TPSA) is 47.4 Å². The van der Waals surface area contributed by atoms with Gasteiger partial charge in [0.25, 0.3) is 0 Å². The molecule has 14 heavy (non-hydrogen) atoms. The van der Waals surface area contributed by atoms with Gasteiger partial charge in [-0.25, -0.2) is 15.0 Å². The van der Waals surface area contributed by atoms with E-state index in [0.29, 0.717) is 23.4 Å². The Morgan fingerprint density at radius 3 is 2.64 bits per heavy atom. The molecule has 0 saturated carbocycles. The first-order valence-corrected chi connectivity index (χ1v) is 4.65. The minimum atomic E-state index is -0.170. The van der Waals surface area contributed by atoms with E-state index in [1.807, 2.05) is 13.8 Å². The quantitative estimate of drug-likeness (QED) is 0.710. The van der Waals surface area contributed by atoms with Crippen LogP contribution < -0.4 is 0 Å². The van der Waals surface area contributed by atoms with E-state index in [-0.39, 0.29) is 5.54 Å². The van der Waals surface area contributed by atoms with E-state index in [1.54, 1.807) is 6.20 Å². The van der Waals surface area contributed by atoms with Crippen LogP contribution in [-0.4, -0.2) is 28.0 Å². The molecule has 0 fully saturated rings. The highest BCUT2D eigenvalue weighted by atomic mass is 35.5. The second kappa shape index (κ2) is 3.20. The zero-order chi connectivity index (χ0) is 10.2. The van der Waals surface area contributed by atoms with Crippen molar-refractivity contribution in [2.75, 3.05) is 6.61 Å². The predicted octanol–water partition coefficient (Wildman–Crippen LogP) is 1.69. The van der Waals surface area contributed by atoms with Gasteiger partial charge >= 0.3 is 0 Å². The number of halogens is 1. The number of ether oxygens (including phenoxy) is 1. The fraction of sp³-hybridized carbons (Fsp3) is 0.444. The van der Waals surface area contributed by atoms with Crippen molar-refractivity contribution in [1.29, 1.82) is 0 Å². The average molecular weight is 212 g/mol. The Morgan fingerprint density at radius 2 is 2.14 bits per heavy atom. The Hall–Kier alpha value is -1.16. The zero-order valence-corrected chi connectivity index (χ0v) is 8.75. The lowest BCUT2D eigenvalue weighted by atomic mass is 10.1. The fourth-order valence-electron chi connectivity index (χ4n) is 1.14. The van der Waals surface area contributed by atoms with Crippen molar-refractivity contribution in [2.45, 2.75) is 19.4 Å². The maximum Gasteiger partial charge on any atom is 0.237 e. The number of hydrogen-bond donors (Lipinski definition) is 0. The van der Waals surface area contributed by atoms with Crippen LogP contribution in [-0.2, 0) is 4.74 Å². The van der Waals surface area contributed by atoms with E-state index >= 15 is 0 Å². The Morgan fingerprint density at radius 1 is 1.36 bits per heavy atom. The first-order valence-electron chi connectivity index (χ1n) is 4.27. The van der Waals surface area contributed by atoms with E-state index in [9.17, 15) is 0 Å². The van der Waals surface area contributed by atoms with Gasteiger partial charge in [-0.05, 0) is 13.8 Å². The second-order valence-corrected chi connectivity index (χ2v) is 4.13. The van der Waals surface area contributed by atoms with Crippen LogP contribution in [0.5, 0.6) is 0 Å². The van der Waals surface area contributed by atoms with E-state index in [2.05, 4.69) is 15.0 Å². The van der Waals surface area contributed by atoms with E-state index in [1.165, 1.54) is 6.20 Å². The van der Waals surface area contributed by atoms with Crippen LogP contribution in [0.2, 0.25) is 5.15 Å². The molecule has 0 saturated heterocycles. The smallest absolute Gasteiger partial charge is 0.237 e. The third-order valence-corrected chi connectivity index (χ3v) is 2.00. The van der Waals surface area contributed by atoms with Gasteiger partial charge in [0.15, 0.2) is 0 Å². The zero-order valence-electron chi connectivity index (χ0n) is 7.99. The van der Waals surface area contributed by atoms with Gasteiger partial charge in [0.1, 0.15) is 17.5 Å². The first kappa shape index (κ1) is 9.40. The highest BCUT2D eigenvalue weighted by Gasteiger charge is 2.27. The molecule has 0 aliphatic carbocycles. The predicted molar refractivity (Wildman–Crippen MR) is 53.6 cm³/mol. The molecule has 4 nitrogen and oxygen atoms in total. The molecule has 0 unspecified atom stereocenters. The van der Waals surface area contributed by atoms with Crippen molar-refractivity contribution < 1.29 is 4.74 Å². The van der Waals surface area contributed by atoms with E-state index < -0.39 is 0 Å². The summed E-state index contributed by atoms with van der Waals surface area (Å²) in [5, 5.41) is 0.367. The van der Waals surface area contributed by atoms with Crippen molar-refractivity contribution in [2.24, 2.45) is 4.99 Å². The summed E-state index contributed by atoms with van der Waals surface area (Å²) >= 11 is 5.62. The van der Waals surface area contributed by atoms with Crippen LogP contribution in [0.4, 0.5) is 0 Å².